The van der Waals surface area contributed by atoms with E-state index < -0.39 is 21.9 Å². The monoisotopic (exact) mass is 245 g/mol. The SMILES string of the molecule is C/C(=C/Cl)Cn1cc([N+](=O)[O-])c(=O)[nH]c1=O. The molecule has 1 aromatic heterocycles. The van der Waals surface area contributed by atoms with Crippen LogP contribution < -0.4 is 11.2 Å². The molecule has 1 aromatic rings. The molecule has 0 saturated carbocycles. The molecular formula is C8H8ClN3O4. The zero-order valence-electron chi connectivity index (χ0n) is 8.27. The molecule has 1 rings (SSSR count). The van der Waals surface area contributed by atoms with E-state index in [0.717, 1.165) is 10.8 Å². The van der Waals surface area contributed by atoms with E-state index in [4.69, 9.17) is 11.6 Å². The molecule has 8 heteroatoms. The summed E-state index contributed by atoms with van der Waals surface area (Å²) in [4.78, 5) is 33.8. The number of hydrogen-bond acceptors (Lipinski definition) is 4. The van der Waals surface area contributed by atoms with Crippen molar-refractivity contribution in [3.8, 4) is 0 Å². The molecule has 0 fully saturated rings. The molecule has 1 heterocycles. The number of H-pyrrole nitrogens is 1. The van der Waals surface area contributed by atoms with E-state index in [1.54, 1.807) is 6.92 Å². The van der Waals surface area contributed by atoms with E-state index in [-0.39, 0.29) is 6.54 Å². The van der Waals surface area contributed by atoms with Gasteiger partial charge in [0.2, 0.25) is 0 Å². The van der Waals surface area contributed by atoms with Gasteiger partial charge in [0.1, 0.15) is 0 Å². The van der Waals surface area contributed by atoms with Crippen LogP contribution in [0.4, 0.5) is 5.69 Å². The second-order valence-corrected chi connectivity index (χ2v) is 3.33. The molecule has 1 N–H and O–H groups in total. The number of hydrogen-bond donors (Lipinski definition) is 1. The van der Waals surface area contributed by atoms with Crippen molar-refractivity contribution in [3.63, 3.8) is 0 Å². The van der Waals surface area contributed by atoms with Gasteiger partial charge < -0.3 is 0 Å². The van der Waals surface area contributed by atoms with Crippen molar-refractivity contribution in [2.45, 2.75) is 13.5 Å². The summed E-state index contributed by atoms with van der Waals surface area (Å²) in [7, 11) is 0. The lowest BCUT2D eigenvalue weighted by Crippen LogP contribution is -2.31. The number of nitro groups is 1. The van der Waals surface area contributed by atoms with Gasteiger partial charge in [-0.15, -0.1) is 0 Å². The van der Waals surface area contributed by atoms with Crippen molar-refractivity contribution in [3.05, 3.63) is 48.3 Å². The Morgan fingerprint density at radius 1 is 1.69 bits per heavy atom. The second-order valence-electron chi connectivity index (χ2n) is 3.11. The maximum absolute atomic E-state index is 11.3. The average molecular weight is 246 g/mol. The third-order valence-electron chi connectivity index (χ3n) is 1.79. The van der Waals surface area contributed by atoms with Gasteiger partial charge in [-0.1, -0.05) is 11.6 Å². The average Bonchev–Trinajstić information content (AvgIpc) is 2.21. The van der Waals surface area contributed by atoms with Gasteiger partial charge in [0.05, 0.1) is 11.1 Å². The van der Waals surface area contributed by atoms with E-state index >= 15 is 0 Å². The Bertz CT molecular complexity index is 557. The van der Waals surface area contributed by atoms with Gasteiger partial charge in [-0.3, -0.25) is 24.5 Å². The van der Waals surface area contributed by atoms with Crippen molar-refractivity contribution in [2.24, 2.45) is 0 Å². The molecule has 0 amide bonds. The van der Waals surface area contributed by atoms with Crippen LogP contribution in [0.5, 0.6) is 0 Å². The van der Waals surface area contributed by atoms with Gasteiger partial charge in [-0.2, -0.15) is 0 Å². The minimum absolute atomic E-state index is 0.0833. The van der Waals surface area contributed by atoms with Crippen LogP contribution in [-0.4, -0.2) is 14.5 Å². The Hall–Kier alpha value is -1.89. The highest BCUT2D eigenvalue weighted by atomic mass is 35.5. The zero-order valence-corrected chi connectivity index (χ0v) is 9.02. The number of halogens is 1. The van der Waals surface area contributed by atoms with Gasteiger partial charge >= 0.3 is 16.9 Å². The van der Waals surface area contributed by atoms with Crippen molar-refractivity contribution in [2.75, 3.05) is 0 Å². The predicted molar refractivity (Wildman–Crippen MR) is 57.6 cm³/mol. The van der Waals surface area contributed by atoms with Gasteiger partial charge in [0, 0.05) is 12.1 Å². The van der Waals surface area contributed by atoms with Gasteiger partial charge in [-0.05, 0) is 12.5 Å². The lowest BCUT2D eigenvalue weighted by atomic mass is 10.3. The quantitative estimate of drug-likeness (QED) is 0.622. The summed E-state index contributed by atoms with van der Waals surface area (Å²) in [5.41, 5.74) is -0.525. The molecule has 0 aliphatic heterocycles. The molecule has 7 nitrogen and oxygen atoms in total. The zero-order chi connectivity index (χ0) is 12.3. The molecule has 0 aromatic carbocycles. The molecule has 0 unspecified atom stereocenters. The highest BCUT2D eigenvalue weighted by Gasteiger charge is 2.14. The third-order valence-corrected chi connectivity index (χ3v) is 2.17. The molecule has 0 atom stereocenters. The Morgan fingerprint density at radius 3 is 2.81 bits per heavy atom. The van der Waals surface area contributed by atoms with Crippen molar-refractivity contribution in [1.29, 1.82) is 0 Å². The maximum Gasteiger partial charge on any atom is 0.350 e. The lowest BCUT2D eigenvalue weighted by Gasteiger charge is -2.03. The van der Waals surface area contributed by atoms with Gasteiger partial charge in [0.15, 0.2) is 0 Å². The Balaban J connectivity index is 3.31. The molecule has 0 aliphatic carbocycles. The van der Waals surface area contributed by atoms with Gasteiger partial charge in [-0.25, -0.2) is 4.79 Å². The normalized spacial score (nSPS) is 11.5. The van der Waals surface area contributed by atoms with Crippen molar-refractivity contribution in [1.82, 2.24) is 9.55 Å². The molecule has 0 bridgehead atoms. The van der Waals surface area contributed by atoms with Crippen LogP contribution in [0.1, 0.15) is 6.92 Å². The Morgan fingerprint density at radius 2 is 2.31 bits per heavy atom. The van der Waals surface area contributed by atoms with Crippen LogP contribution in [0.2, 0.25) is 0 Å². The summed E-state index contributed by atoms with van der Waals surface area (Å²) >= 11 is 5.40. The summed E-state index contributed by atoms with van der Waals surface area (Å²) in [6.07, 6.45) is 0.894. The van der Waals surface area contributed by atoms with Crippen LogP contribution in [-0.2, 0) is 6.54 Å². The van der Waals surface area contributed by atoms with Crippen molar-refractivity contribution < 1.29 is 4.92 Å². The van der Waals surface area contributed by atoms with E-state index in [1.165, 1.54) is 5.54 Å². The largest absolute Gasteiger partial charge is 0.350 e. The number of nitrogens with one attached hydrogen (secondary N) is 1. The van der Waals surface area contributed by atoms with E-state index in [1.807, 2.05) is 4.98 Å². The fraction of sp³-hybridized carbons (Fsp3) is 0.250. The van der Waals surface area contributed by atoms with E-state index in [0.29, 0.717) is 5.57 Å². The molecule has 0 radical (unpaired) electrons. The Kier molecular flexibility index (Phi) is 3.62. The van der Waals surface area contributed by atoms with Crippen LogP contribution >= 0.6 is 11.6 Å². The van der Waals surface area contributed by atoms with E-state index in [9.17, 15) is 19.7 Å². The molecular weight excluding hydrogens is 238 g/mol. The van der Waals surface area contributed by atoms with Crippen LogP contribution in [0, 0.1) is 10.1 Å². The van der Waals surface area contributed by atoms with Gasteiger partial charge in [0.25, 0.3) is 0 Å². The molecule has 86 valence electrons. The second kappa shape index (κ2) is 4.75. The number of nitrogens with zero attached hydrogens (tertiary/aromatic N) is 2. The standard InChI is InChI=1S/C8H8ClN3O4/c1-5(2-9)3-11-4-6(12(15)16)7(13)10-8(11)14/h2,4H,3H2,1H3,(H,10,13,14)/b5-2-. The van der Waals surface area contributed by atoms with Crippen LogP contribution in [0.15, 0.2) is 26.9 Å². The summed E-state index contributed by atoms with van der Waals surface area (Å²) in [5, 5.41) is 10.5. The number of allylic oxidation sites excluding steroid dienone is 1. The summed E-state index contributed by atoms with van der Waals surface area (Å²) in [5.74, 6) is 0. The van der Waals surface area contributed by atoms with Crippen LogP contribution in [0.3, 0.4) is 0 Å². The number of aromatic nitrogens is 2. The maximum atomic E-state index is 11.3. The topological polar surface area (TPSA) is 98.0 Å². The summed E-state index contributed by atoms with van der Waals surface area (Å²) in [6.45, 7) is 1.73. The third kappa shape index (κ3) is 2.57. The fourth-order valence-electron chi connectivity index (χ4n) is 1.05. The highest BCUT2D eigenvalue weighted by molar-refractivity contribution is 6.25. The van der Waals surface area contributed by atoms with Crippen molar-refractivity contribution >= 4 is 17.3 Å². The number of aromatic amines is 1. The minimum Gasteiger partial charge on any atom is -0.290 e. The first-order chi connectivity index (χ1) is 7.45. The minimum atomic E-state index is -1.02. The number of rotatable bonds is 3. The molecule has 0 aliphatic rings. The summed E-state index contributed by atoms with van der Waals surface area (Å²) < 4.78 is 1.01. The van der Waals surface area contributed by atoms with E-state index in [2.05, 4.69) is 0 Å². The molecule has 16 heavy (non-hydrogen) atoms. The van der Waals surface area contributed by atoms with Crippen LogP contribution in [0.25, 0.3) is 0 Å². The molecule has 0 spiro atoms. The lowest BCUT2D eigenvalue weighted by molar-refractivity contribution is -0.386. The molecule has 0 saturated heterocycles. The first-order valence-electron chi connectivity index (χ1n) is 4.19. The first-order valence-corrected chi connectivity index (χ1v) is 4.63. The summed E-state index contributed by atoms with van der Waals surface area (Å²) in [6, 6.07) is 0. The highest BCUT2D eigenvalue weighted by Crippen LogP contribution is 2.02. The smallest absolute Gasteiger partial charge is 0.290 e. The predicted octanol–water partition coefficient (Wildman–Crippen LogP) is 0.587. The first kappa shape index (κ1) is 12.2. The Labute approximate surface area is 94.1 Å². The fourth-order valence-corrected chi connectivity index (χ4v) is 1.12.